The zero-order valence-corrected chi connectivity index (χ0v) is 19.3. The largest absolute Gasteiger partial charge is 0.497 e. The maximum atomic E-state index is 13.5. The predicted molar refractivity (Wildman–Crippen MR) is 122 cm³/mol. The highest BCUT2D eigenvalue weighted by molar-refractivity contribution is 9.10. The van der Waals surface area contributed by atoms with Crippen molar-refractivity contribution in [3.8, 4) is 5.75 Å². The fourth-order valence-electron chi connectivity index (χ4n) is 4.55. The van der Waals surface area contributed by atoms with Crippen LogP contribution in [-0.4, -0.2) is 26.0 Å². The van der Waals surface area contributed by atoms with E-state index in [1.807, 2.05) is 55.5 Å². The van der Waals surface area contributed by atoms with Gasteiger partial charge in [0.15, 0.2) is 5.78 Å². The predicted octanol–water partition coefficient (Wildman–Crippen LogP) is 4.99. The van der Waals surface area contributed by atoms with E-state index in [1.54, 1.807) is 7.11 Å². The minimum absolute atomic E-state index is 0.0495. The van der Waals surface area contributed by atoms with Gasteiger partial charge in [0.25, 0.3) is 0 Å². The molecule has 2 aliphatic rings. The topological polar surface area (TPSA) is 64.6 Å². The van der Waals surface area contributed by atoms with Crippen LogP contribution in [0.1, 0.15) is 42.7 Å². The van der Waals surface area contributed by atoms with Crippen LogP contribution in [0.25, 0.3) is 0 Å². The average molecular weight is 482 g/mol. The maximum Gasteiger partial charge on any atom is 0.336 e. The molecule has 0 spiro atoms. The fraction of sp³-hybridized carbons (Fsp3) is 0.280. The molecule has 1 aliphatic carbocycles. The van der Waals surface area contributed by atoms with Crippen LogP contribution in [0.15, 0.2) is 75.5 Å². The highest BCUT2D eigenvalue weighted by Crippen LogP contribution is 2.46. The lowest BCUT2D eigenvalue weighted by molar-refractivity contribution is -0.136. The standard InChI is InChI=1S/C25H24BrNO4/c1-14-22(25(29)31-3)23(16-5-4-6-18(26)11-16)24-20(27-14)12-17(13-21(24)28)15-7-9-19(30-2)10-8-15/h4-11,17,23,27H,12-13H2,1-3H3/t17-,23+/m0/s1. The second-order valence-corrected chi connectivity index (χ2v) is 8.75. The molecule has 1 aliphatic heterocycles. The summed E-state index contributed by atoms with van der Waals surface area (Å²) in [5.74, 6) is 0.0312. The number of hydrogen-bond acceptors (Lipinski definition) is 5. The van der Waals surface area contributed by atoms with E-state index >= 15 is 0 Å². The molecule has 2 aromatic carbocycles. The summed E-state index contributed by atoms with van der Waals surface area (Å²) < 4.78 is 11.2. The summed E-state index contributed by atoms with van der Waals surface area (Å²) in [6, 6.07) is 15.6. The Morgan fingerprint density at radius 3 is 2.45 bits per heavy atom. The SMILES string of the molecule is COC(=O)C1=C(C)NC2=C(C(=O)C[C@@H](c3ccc(OC)cc3)C2)[C@@H]1c1cccc(Br)c1. The highest BCUT2D eigenvalue weighted by Gasteiger charge is 2.41. The molecular formula is C25H24BrNO4. The molecule has 31 heavy (non-hydrogen) atoms. The first-order valence-corrected chi connectivity index (χ1v) is 10.9. The number of allylic oxidation sites excluding steroid dienone is 3. The number of benzene rings is 2. The van der Waals surface area contributed by atoms with Crippen molar-refractivity contribution in [3.05, 3.63) is 86.7 Å². The summed E-state index contributed by atoms with van der Waals surface area (Å²) in [6.45, 7) is 1.86. The van der Waals surface area contributed by atoms with Crippen molar-refractivity contribution in [3.63, 3.8) is 0 Å². The number of rotatable bonds is 4. The molecule has 2 atom stereocenters. The van der Waals surface area contributed by atoms with Crippen molar-refractivity contribution >= 4 is 27.7 Å². The van der Waals surface area contributed by atoms with Gasteiger partial charge in [0.05, 0.1) is 19.8 Å². The minimum atomic E-state index is -0.453. The van der Waals surface area contributed by atoms with Crippen LogP contribution < -0.4 is 10.1 Å². The number of ether oxygens (including phenoxy) is 2. The normalized spacial score (nSPS) is 20.8. The van der Waals surface area contributed by atoms with Gasteiger partial charge in [-0.1, -0.05) is 40.2 Å². The van der Waals surface area contributed by atoms with E-state index in [1.165, 1.54) is 7.11 Å². The molecule has 4 rings (SSSR count). The van der Waals surface area contributed by atoms with Gasteiger partial charge in [0.2, 0.25) is 0 Å². The van der Waals surface area contributed by atoms with Crippen molar-refractivity contribution in [2.45, 2.75) is 31.6 Å². The molecule has 2 aromatic rings. The molecule has 0 aromatic heterocycles. The van der Waals surface area contributed by atoms with Gasteiger partial charge in [-0.2, -0.15) is 0 Å². The van der Waals surface area contributed by atoms with Gasteiger partial charge in [-0.25, -0.2) is 4.79 Å². The number of carbonyl (C=O) groups is 2. The van der Waals surface area contributed by atoms with Crippen LogP contribution in [0.5, 0.6) is 5.75 Å². The summed E-state index contributed by atoms with van der Waals surface area (Å²) in [4.78, 5) is 26.2. The minimum Gasteiger partial charge on any atom is -0.497 e. The number of ketones is 1. The fourth-order valence-corrected chi connectivity index (χ4v) is 4.97. The van der Waals surface area contributed by atoms with Crippen molar-refractivity contribution < 1.29 is 19.1 Å². The van der Waals surface area contributed by atoms with Crippen LogP contribution in [-0.2, 0) is 14.3 Å². The Labute approximate surface area is 190 Å². The summed E-state index contributed by atoms with van der Waals surface area (Å²) in [6.07, 6.45) is 1.09. The van der Waals surface area contributed by atoms with Crippen LogP contribution in [0.2, 0.25) is 0 Å². The first-order valence-electron chi connectivity index (χ1n) is 10.1. The Bertz CT molecular complexity index is 1100. The van der Waals surface area contributed by atoms with E-state index in [0.29, 0.717) is 24.0 Å². The Morgan fingerprint density at radius 1 is 1.06 bits per heavy atom. The molecule has 0 fully saturated rings. The van der Waals surface area contributed by atoms with E-state index < -0.39 is 11.9 Å². The molecule has 0 bridgehead atoms. The van der Waals surface area contributed by atoms with Gasteiger partial charge in [0.1, 0.15) is 5.75 Å². The molecule has 160 valence electrons. The lowest BCUT2D eigenvalue weighted by atomic mass is 9.72. The van der Waals surface area contributed by atoms with E-state index in [0.717, 1.165) is 32.7 Å². The van der Waals surface area contributed by atoms with Gasteiger partial charge >= 0.3 is 5.97 Å². The summed E-state index contributed by atoms with van der Waals surface area (Å²) in [5.41, 5.74) is 4.73. The number of Topliss-reactive ketones (excluding diaryl/α,β-unsaturated/α-hetero) is 1. The Hall–Kier alpha value is -2.86. The number of methoxy groups -OCH3 is 2. The van der Waals surface area contributed by atoms with E-state index in [-0.39, 0.29) is 11.7 Å². The zero-order valence-electron chi connectivity index (χ0n) is 17.7. The first-order chi connectivity index (χ1) is 14.9. The van der Waals surface area contributed by atoms with Gasteiger partial charge in [-0.15, -0.1) is 0 Å². The molecule has 0 saturated carbocycles. The van der Waals surface area contributed by atoms with Crippen LogP contribution >= 0.6 is 15.9 Å². The first kappa shape index (κ1) is 21.4. The number of hydrogen-bond donors (Lipinski definition) is 1. The molecule has 0 amide bonds. The van der Waals surface area contributed by atoms with Crippen molar-refractivity contribution in [2.24, 2.45) is 0 Å². The van der Waals surface area contributed by atoms with Gasteiger partial charge in [-0.3, -0.25) is 4.79 Å². The van der Waals surface area contributed by atoms with Gasteiger partial charge in [-0.05, 0) is 54.7 Å². The van der Waals surface area contributed by atoms with Crippen LogP contribution in [0.3, 0.4) is 0 Å². The van der Waals surface area contributed by atoms with Crippen molar-refractivity contribution in [1.82, 2.24) is 5.32 Å². The molecule has 0 unspecified atom stereocenters. The number of nitrogens with one attached hydrogen (secondary N) is 1. The lowest BCUT2D eigenvalue weighted by Gasteiger charge is -2.36. The average Bonchev–Trinajstić information content (AvgIpc) is 2.77. The number of carbonyl (C=O) groups excluding carboxylic acids is 2. The quantitative estimate of drug-likeness (QED) is 0.622. The van der Waals surface area contributed by atoms with Crippen LogP contribution in [0.4, 0.5) is 0 Å². The molecule has 0 saturated heterocycles. The zero-order chi connectivity index (χ0) is 22.1. The highest BCUT2D eigenvalue weighted by atomic mass is 79.9. The lowest BCUT2D eigenvalue weighted by Crippen LogP contribution is -2.36. The molecular weight excluding hydrogens is 458 g/mol. The van der Waals surface area contributed by atoms with Crippen LogP contribution in [0, 0.1) is 0 Å². The smallest absolute Gasteiger partial charge is 0.336 e. The Morgan fingerprint density at radius 2 is 1.81 bits per heavy atom. The third kappa shape index (κ3) is 4.04. The van der Waals surface area contributed by atoms with Crippen molar-refractivity contribution in [2.75, 3.05) is 14.2 Å². The van der Waals surface area contributed by atoms with E-state index in [9.17, 15) is 9.59 Å². The third-order valence-electron chi connectivity index (χ3n) is 6.00. The molecule has 1 heterocycles. The molecule has 5 nitrogen and oxygen atoms in total. The second kappa shape index (κ2) is 8.71. The van der Waals surface area contributed by atoms with Crippen molar-refractivity contribution in [1.29, 1.82) is 0 Å². The van der Waals surface area contributed by atoms with E-state index in [2.05, 4.69) is 21.2 Å². The number of dihydropyridines is 1. The Balaban J connectivity index is 1.78. The maximum absolute atomic E-state index is 13.5. The number of halogens is 1. The molecule has 6 heteroatoms. The Kier molecular flexibility index (Phi) is 6.01. The second-order valence-electron chi connectivity index (χ2n) is 7.84. The molecule has 0 radical (unpaired) electrons. The molecule has 1 N–H and O–H groups in total. The van der Waals surface area contributed by atoms with E-state index in [4.69, 9.17) is 9.47 Å². The summed E-state index contributed by atoms with van der Waals surface area (Å²) in [7, 11) is 3.01. The summed E-state index contributed by atoms with van der Waals surface area (Å²) in [5, 5.41) is 3.35. The monoisotopic (exact) mass is 481 g/mol. The summed E-state index contributed by atoms with van der Waals surface area (Å²) >= 11 is 3.51. The van der Waals surface area contributed by atoms with Gasteiger partial charge in [0, 0.05) is 33.8 Å². The van der Waals surface area contributed by atoms with Gasteiger partial charge < -0.3 is 14.8 Å². The third-order valence-corrected chi connectivity index (χ3v) is 6.50. The number of esters is 1.